The Morgan fingerprint density at radius 2 is 1.59 bits per heavy atom. The average Bonchev–Trinajstić information content (AvgIpc) is 2.93. The predicted molar refractivity (Wildman–Crippen MR) is 138 cm³/mol. The third-order valence-electron chi connectivity index (χ3n) is 6.46. The van der Waals surface area contributed by atoms with Crippen molar-refractivity contribution in [2.24, 2.45) is 0 Å². The monoisotopic (exact) mass is 576 g/mol. The van der Waals surface area contributed by atoms with Gasteiger partial charge in [-0.3, -0.25) is 14.2 Å². The van der Waals surface area contributed by atoms with Crippen molar-refractivity contribution in [1.29, 1.82) is 0 Å². The number of fused-ring (bicyclic) bond motifs is 1. The maximum Gasteiger partial charge on any atom is 0.417 e. The van der Waals surface area contributed by atoms with E-state index in [2.05, 4.69) is 4.98 Å². The molecule has 13 heteroatoms. The molecule has 1 aliphatic rings. The van der Waals surface area contributed by atoms with Crippen LogP contribution < -0.4 is 5.56 Å². The maximum absolute atomic E-state index is 13.2. The van der Waals surface area contributed by atoms with Gasteiger partial charge in [0.25, 0.3) is 11.5 Å². The molecule has 0 saturated carbocycles. The molecule has 1 saturated heterocycles. The van der Waals surface area contributed by atoms with Crippen LogP contribution in [0, 0.1) is 0 Å². The lowest BCUT2D eigenvalue weighted by Crippen LogP contribution is -2.50. The maximum atomic E-state index is 13.2. The summed E-state index contributed by atoms with van der Waals surface area (Å²) >= 11 is 5.61. The van der Waals surface area contributed by atoms with E-state index in [9.17, 15) is 31.2 Å². The van der Waals surface area contributed by atoms with E-state index in [4.69, 9.17) is 11.6 Å². The van der Waals surface area contributed by atoms with Crippen LogP contribution in [-0.2, 0) is 16.2 Å². The Hall–Kier alpha value is -3.74. The minimum atomic E-state index is -4.80. The molecule has 1 aromatic heterocycles. The molecule has 3 aromatic carbocycles. The van der Waals surface area contributed by atoms with Crippen molar-refractivity contribution >= 4 is 38.4 Å². The van der Waals surface area contributed by atoms with E-state index >= 15 is 0 Å². The topological polar surface area (TPSA) is 92.6 Å². The zero-order chi connectivity index (χ0) is 27.9. The van der Waals surface area contributed by atoms with Crippen molar-refractivity contribution < 1.29 is 26.4 Å². The molecular formula is C26H20ClF3N4O4S. The van der Waals surface area contributed by atoms with Crippen molar-refractivity contribution in [2.75, 3.05) is 26.2 Å². The number of amides is 1. The fourth-order valence-electron chi connectivity index (χ4n) is 4.36. The van der Waals surface area contributed by atoms with E-state index in [1.165, 1.54) is 15.8 Å². The molecule has 202 valence electrons. The second kappa shape index (κ2) is 10.1. The number of piperazine rings is 1. The molecule has 1 amide bonds. The molecule has 2 heterocycles. The van der Waals surface area contributed by atoms with Gasteiger partial charge in [-0.1, -0.05) is 23.7 Å². The first kappa shape index (κ1) is 26.9. The Bertz CT molecular complexity index is 1730. The number of halogens is 4. The molecule has 0 atom stereocenters. The van der Waals surface area contributed by atoms with Gasteiger partial charge in [0.1, 0.15) is 6.33 Å². The van der Waals surface area contributed by atoms with Crippen LogP contribution in [0.15, 0.2) is 82.7 Å². The van der Waals surface area contributed by atoms with Crippen LogP contribution in [0.3, 0.4) is 0 Å². The van der Waals surface area contributed by atoms with Crippen molar-refractivity contribution in [3.05, 3.63) is 99.6 Å². The summed E-state index contributed by atoms with van der Waals surface area (Å²) in [4.78, 5) is 31.1. The van der Waals surface area contributed by atoms with Crippen LogP contribution in [-0.4, -0.2) is 59.3 Å². The number of rotatable bonds is 4. The summed E-state index contributed by atoms with van der Waals surface area (Å²) in [5.74, 6) is -0.339. The SMILES string of the molecule is O=C(c1ccc(-n2cnc3ccccc3c2=O)cc1)N1CCN(S(=O)(=O)c2ccc(Cl)c(C(F)(F)F)c2)CC1. The first-order valence-corrected chi connectivity index (χ1v) is 13.5. The number of aromatic nitrogens is 2. The van der Waals surface area contributed by atoms with Gasteiger partial charge in [-0.25, -0.2) is 13.4 Å². The normalized spacial score (nSPS) is 15.0. The molecule has 4 aromatic rings. The molecule has 1 aliphatic heterocycles. The van der Waals surface area contributed by atoms with Crippen molar-refractivity contribution in [2.45, 2.75) is 11.1 Å². The summed E-state index contributed by atoms with van der Waals surface area (Å²) in [7, 11) is -4.23. The van der Waals surface area contributed by atoms with E-state index in [-0.39, 0.29) is 37.6 Å². The summed E-state index contributed by atoms with van der Waals surface area (Å²) in [5.41, 5.74) is -0.0517. The van der Waals surface area contributed by atoms with Gasteiger partial charge >= 0.3 is 6.18 Å². The second-order valence-electron chi connectivity index (χ2n) is 8.82. The lowest BCUT2D eigenvalue weighted by Gasteiger charge is -2.34. The Labute approximate surface area is 225 Å². The van der Waals surface area contributed by atoms with Crippen LogP contribution >= 0.6 is 11.6 Å². The number of benzene rings is 3. The number of carbonyl (C=O) groups is 1. The second-order valence-corrected chi connectivity index (χ2v) is 11.2. The van der Waals surface area contributed by atoms with Crippen LogP contribution in [0.2, 0.25) is 5.02 Å². The van der Waals surface area contributed by atoms with E-state index < -0.39 is 31.7 Å². The van der Waals surface area contributed by atoms with Gasteiger partial charge in [-0.2, -0.15) is 17.5 Å². The van der Waals surface area contributed by atoms with E-state index in [1.54, 1.807) is 48.5 Å². The fourth-order valence-corrected chi connectivity index (χ4v) is 6.04. The largest absolute Gasteiger partial charge is 0.417 e. The van der Waals surface area contributed by atoms with Crippen molar-refractivity contribution in [3.8, 4) is 5.69 Å². The highest BCUT2D eigenvalue weighted by molar-refractivity contribution is 7.89. The fraction of sp³-hybridized carbons (Fsp3) is 0.192. The van der Waals surface area contributed by atoms with Gasteiger partial charge in [0.15, 0.2) is 0 Å². The van der Waals surface area contributed by atoms with Crippen LogP contribution in [0.25, 0.3) is 16.6 Å². The summed E-state index contributed by atoms with van der Waals surface area (Å²) in [6.45, 7) is -0.0796. The quantitative estimate of drug-likeness (QED) is 0.363. The minimum Gasteiger partial charge on any atom is -0.336 e. The van der Waals surface area contributed by atoms with Gasteiger partial charge < -0.3 is 4.90 Å². The van der Waals surface area contributed by atoms with Gasteiger partial charge in [0, 0.05) is 31.7 Å². The Kier molecular flexibility index (Phi) is 6.95. The van der Waals surface area contributed by atoms with Gasteiger partial charge in [-0.05, 0) is 54.6 Å². The lowest BCUT2D eigenvalue weighted by molar-refractivity contribution is -0.137. The van der Waals surface area contributed by atoms with E-state index in [0.29, 0.717) is 28.2 Å². The molecule has 0 aliphatic carbocycles. The number of hydrogen-bond acceptors (Lipinski definition) is 5. The summed E-state index contributed by atoms with van der Waals surface area (Å²) < 4.78 is 68.0. The molecule has 1 fully saturated rings. The molecule has 8 nitrogen and oxygen atoms in total. The molecule has 0 unspecified atom stereocenters. The molecule has 0 bridgehead atoms. The Morgan fingerprint density at radius 3 is 2.26 bits per heavy atom. The molecule has 0 spiro atoms. The minimum absolute atomic E-state index is 0.0492. The lowest BCUT2D eigenvalue weighted by atomic mass is 10.1. The first-order chi connectivity index (χ1) is 18.5. The zero-order valence-electron chi connectivity index (χ0n) is 20.1. The third-order valence-corrected chi connectivity index (χ3v) is 8.69. The first-order valence-electron chi connectivity index (χ1n) is 11.7. The third kappa shape index (κ3) is 5.14. The number of para-hydroxylation sites is 1. The highest BCUT2D eigenvalue weighted by atomic mass is 35.5. The average molecular weight is 577 g/mol. The molecule has 0 N–H and O–H groups in total. The van der Waals surface area contributed by atoms with Crippen molar-refractivity contribution in [3.63, 3.8) is 0 Å². The molecule has 0 radical (unpaired) electrons. The van der Waals surface area contributed by atoms with Gasteiger partial charge in [-0.15, -0.1) is 0 Å². The Morgan fingerprint density at radius 1 is 0.923 bits per heavy atom. The summed E-state index contributed by atoms with van der Waals surface area (Å²) in [6, 6.07) is 15.8. The number of carbonyl (C=O) groups excluding carboxylic acids is 1. The number of hydrogen-bond donors (Lipinski definition) is 0. The van der Waals surface area contributed by atoms with Gasteiger partial charge in [0.2, 0.25) is 10.0 Å². The van der Waals surface area contributed by atoms with E-state index in [1.807, 2.05) is 0 Å². The number of sulfonamides is 1. The highest BCUT2D eigenvalue weighted by Gasteiger charge is 2.36. The standard InChI is InChI=1S/C26H20ClF3N4O4S/c27-22-10-9-19(15-21(22)26(28,29)30)39(37,38)33-13-11-32(12-14-33)24(35)17-5-7-18(8-6-17)34-16-31-23-4-2-1-3-20(23)25(34)36/h1-10,15-16H,11-14H2. The van der Waals surface area contributed by atoms with Crippen LogP contribution in [0.4, 0.5) is 13.2 Å². The van der Waals surface area contributed by atoms with Gasteiger partial charge in [0.05, 0.1) is 32.1 Å². The zero-order valence-corrected chi connectivity index (χ0v) is 21.7. The van der Waals surface area contributed by atoms with Crippen LogP contribution in [0.5, 0.6) is 0 Å². The smallest absolute Gasteiger partial charge is 0.336 e. The number of nitrogens with zero attached hydrogens (tertiary/aromatic N) is 4. The van der Waals surface area contributed by atoms with Crippen molar-refractivity contribution in [1.82, 2.24) is 18.8 Å². The van der Waals surface area contributed by atoms with E-state index in [0.717, 1.165) is 16.4 Å². The molecule has 5 rings (SSSR count). The summed E-state index contributed by atoms with van der Waals surface area (Å²) in [5, 5.41) is -0.133. The summed E-state index contributed by atoms with van der Waals surface area (Å²) in [6.07, 6.45) is -3.39. The van der Waals surface area contributed by atoms with Crippen LogP contribution in [0.1, 0.15) is 15.9 Å². The Balaban J connectivity index is 1.29. The molecular weight excluding hydrogens is 557 g/mol. The number of alkyl halides is 3. The molecule has 39 heavy (non-hydrogen) atoms. The highest BCUT2D eigenvalue weighted by Crippen LogP contribution is 2.36. The predicted octanol–water partition coefficient (Wildman–Crippen LogP) is 4.20.